The maximum Gasteiger partial charge on any atom is 0.0701 e. The molecule has 0 amide bonds. The molecule has 0 bridgehead atoms. The first-order chi connectivity index (χ1) is 10.6. The average molecular weight is 312 g/mol. The molecule has 0 aliphatic carbocycles. The van der Waals surface area contributed by atoms with E-state index in [1.807, 2.05) is 0 Å². The zero-order chi connectivity index (χ0) is 15.9. The number of ether oxygens (including phenoxy) is 2. The number of rotatable bonds is 7. The van der Waals surface area contributed by atoms with Crippen LogP contribution in [-0.2, 0) is 9.47 Å². The van der Waals surface area contributed by atoms with Crippen LogP contribution in [-0.4, -0.2) is 75.5 Å². The van der Waals surface area contributed by atoms with Gasteiger partial charge >= 0.3 is 0 Å². The molecular weight excluding hydrogens is 276 g/mol. The summed E-state index contributed by atoms with van der Waals surface area (Å²) >= 11 is 0. The molecule has 2 heterocycles. The van der Waals surface area contributed by atoms with E-state index in [2.05, 4.69) is 37.7 Å². The summed E-state index contributed by atoms with van der Waals surface area (Å²) in [6, 6.07) is 1.18. The molecule has 4 nitrogen and oxygen atoms in total. The SMILES string of the molecule is CC1CCN(C)C(COCCOCC2CC(C)CCN2C)C1. The van der Waals surface area contributed by atoms with Crippen molar-refractivity contribution in [1.29, 1.82) is 0 Å². The molecule has 0 spiro atoms. The predicted molar refractivity (Wildman–Crippen MR) is 91.3 cm³/mol. The molecule has 0 radical (unpaired) electrons. The lowest BCUT2D eigenvalue weighted by atomic mass is 9.93. The van der Waals surface area contributed by atoms with Gasteiger partial charge in [0.05, 0.1) is 26.4 Å². The fourth-order valence-electron chi connectivity index (χ4n) is 3.68. The number of piperidine rings is 2. The minimum Gasteiger partial charge on any atom is -0.377 e. The Hall–Kier alpha value is -0.160. The molecule has 2 aliphatic heterocycles. The maximum atomic E-state index is 5.85. The number of hydrogen-bond donors (Lipinski definition) is 0. The Kier molecular flexibility index (Phi) is 7.61. The summed E-state index contributed by atoms with van der Waals surface area (Å²) in [7, 11) is 4.44. The van der Waals surface area contributed by atoms with Gasteiger partial charge in [0.15, 0.2) is 0 Å². The van der Waals surface area contributed by atoms with Crippen molar-refractivity contribution >= 4 is 0 Å². The Balaban J connectivity index is 1.52. The molecule has 2 fully saturated rings. The van der Waals surface area contributed by atoms with Gasteiger partial charge in [0.2, 0.25) is 0 Å². The molecular formula is C18H36N2O2. The van der Waals surface area contributed by atoms with Crippen LogP contribution in [0.1, 0.15) is 39.5 Å². The van der Waals surface area contributed by atoms with Crippen LogP contribution in [0.25, 0.3) is 0 Å². The number of likely N-dealkylation sites (N-methyl/N-ethyl adjacent to an activating group) is 2. The van der Waals surface area contributed by atoms with Gasteiger partial charge in [-0.1, -0.05) is 13.8 Å². The van der Waals surface area contributed by atoms with Crippen molar-refractivity contribution in [2.45, 2.75) is 51.6 Å². The first kappa shape index (κ1) is 18.2. The van der Waals surface area contributed by atoms with Gasteiger partial charge in [0.1, 0.15) is 0 Å². The third kappa shape index (κ3) is 5.80. The van der Waals surface area contributed by atoms with Crippen LogP contribution in [0.2, 0.25) is 0 Å². The zero-order valence-electron chi connectivity index (χ0n) is 15.1. The predicted octanol–water partition coefficient (Wildman–Crippen LogP) is 2.48. The van der Waals surface area contributed by atoms with Crippen LogP contribution in [0.5, 0.6) is 0 Å². The summed E-state index contributed by atoms with van der Waals surface area (Å²) < 4.78 is 11.7. The molecule has 0 aromatic heterocycles. The van der Waals surface area contributed by atoms with Gasteiger partial charge in [-0.15, -0.1) is 0 Å². The summed E-state index contributed by atoms with van der Waals surface area (Å²) in [6.07, 6.45) is 5.18. The first-order valence-electron chi connectivity index (χ1n) is 9.12. The summed E-state index contributed by atoms with van der Waals surface area (Å²) in [6.45, 7) is 10.3. The molecule has 4 atom stereocenters. The lowest BCUT2D eigenvalue weighted by molar-refractivity contribution is -0.0105. The van der Waals surface area contributed by atoms with Gasteiger partial charge in [-0.2, -0.15) is 0 Å². The Morgan fingerprint density at radius 3 is 1.59 bits per heavy atom. The van der Waals surface area contributed by atoms with E-state index < -0.39 is 0 Å². The van der Waals surface area contributed by atoms with E-state index in [0.29, 0.717) is 12.1 Å². The molecule has 0 saturated carbocycles. The number of nitrogens with zero attached hydrogens (tertiary/aromatic N) is 2. The van der Waals surface area contributed by atoms with Crippen LogP contribution >= 0.6 is 0 Å². The van der Waals surface area contributed by atoms with Crippen molar-refractivity contribution in [2.75, 3.05) is 53.6 Å². The summed E-state index contributed by atoms with van der Waals surface area (Å²) in [5.74, 6) is 1.68. The second-order valence-corrected chi connectivity index (χ2v) is 7.68. The van der Waals surface area contributed by atoms with Crippen molar-refractivity contribution in [3.05, 3.63) is 0 Å². The molecule has 0 aromatic carbocycles. The zero-order valence-corrected chi connectivity index (χ0v) is 15.1. The highest BCUT2D eigenvalue weighted by Crippen LogP contribution is 2.22. The third-order valence-corrected chi connectivity index (χ3v) is 5.54. The van der Waals surface area contributed by atoms with Gasteiger partial charge in [-0.05, 0) is 64.7 Å². The largest absolute Gasteiger partial charge is 0.377 e. The van der Waals surface area contributed by atoms with Crippen LogP contribution < -0.4 is 0 Å². The Bertz CT molecular complexity index is 283. The molecule has 22 heavy (non-hydrogen) atoms. The van der Waals surface area contributed by atoms with E-state index in [1.165, 1.54) is 38.8 Å². The molecule has 0 N–H and O–H groups in total. The fourth-order valence-corrected chi connectivity index (χ4v) is 3.68. The number of likely N-dealkylation sites (tertiary alicyclic amines) is 2. The second-order valence-electron chi connectivity index (χ2n) is 7.68. The van der Waals surface area contributed by atoms with Crippen LogP contribution in [0, 0.1) is 11.8 Å². The molecule has 2 rings (SSSR count). The summed E-state index contributed by atoms with van der Waals surface area (Å²) in [4.78, 5) is 4.89. The topological polar surface area (TPSA) is 24.9 Å². The smallest absolute Gasteiger partial charge is 0.0701 e. The Morgan fingerprint density at radius 2 is 1.18 bits per heavy atom. The van der Waals surface area contributed by atoms with Crippen molar-refractivity contribution in [1.82, 2.24) is 9.80 Å². The first-order valence-corrected chi connectivity index (χ1v) is 9.12. The quantitative estimate of drug-likeness (QED) is 0.674. The lowest BCUT2D eigenvalue weighted by Gasteiger charge is -2.36. The molecule has 2 aliphatic rings. The molecule has 0 aromatic rings. The van der Waals surface area contributed by atoms with Gasteiger partial charge in [0.25, 0.3) is 0 Å². The van der Waals surface area contributed by atoms with E-state index in [4.69, 9.17) is 9.47 Å². The summed E-state index contributed by atoms with van der Waals surface area (Å²) in [5, 5.41) is 0. The lowest BCUT2D eigenvalue weighted by Crippen LogP contribution is -2.42. The Labute approximate surface area is 137 Å². The minimum absolute atomic E-state index is 0.592. The van der Waals surface area contributed by atoms with Gasteiger partial charge in [0, 0.05) is 12.1 Å². The van der Waals surface area contributed by atoms with Crippen LogP contribution in [0.15, 0.2) is 0 Å². The van der Waals surface area contributed by atoms with Crippen molar-refractivity contribution in [3.8, 4) is 0 Å². The standard InChI is InChI=1S/C18H36N2O2/c1-15-5-7-19(3)17(11-15)13-21-9-10-22-14-18-12-16(2)6-8-20(18)4/h15-18H,5-14H2,1-4H3. The van der Waals surface area contributed by atoms with E-state index >= 15 is 0 Å². The molecule has 2 saturated heterocycles. The Morgan fingerprint density at radius 1 is 0.773 bits per heavy atom. The fraction of sp³-hybridized carbons (Fsp3) is 1.00. The van der Waals surface area contributed by atoms with Crippen molar-refractivity contribution in [2.24, 2.45) is 11.8 Å². The second kappa shape index (κ2) is 9.21. The maximum absolute atomic E-state index is 5.85. The van der Waals surface area contributed by atoms with E-state index in [-0.39, 0.29) is 0 Å². The minimum atomic E-state index is 0.592. The average Bonchev–Trinajstić information content (AvgIpc) is 2.49. The van der Waals surface area contributed by atoms with Crippen LogP contribution in [0.4, 0.5) is 0 Å². The molecule has 4 heteroatoms. The van der Waals surface area contributed by atoms with E-state index in [1.54, 1.807) is 0 Å². The van der Waals surface area contributed by atoms with E-state index in [0.717, 1.165) is 38.3 Å². The molecule has 130 valence electrons. The monoisotopic (exact) mass is 312 g/mol. The number of hydrogen-bond acceptors (Lipinski definition) is 4. The van der Waals surface area contributed by atoms with Gasteiger partial charge in [-0.3, -0.25) is 0 Å². The third-order valence-electron chi connectivity index (χ3n) is 5.54. The van der Waals surface area contributed by atoms with Crippen molar-refractivity contribution in [3.63, 3.8) is 0 Å². The summed E-state index contributed by atoms with van der Waals surface area (Å²) in [5.41, 5.74) is 0. The van der Waals surface area contributed by atoms with Crippen molar-refractivity contribution < 1.29 is 9.47 Å². The normalized spacial score (nSPS) is 34.9. The molecule has 4 unspecified atom stereocenters. The van der Waals surface area contributed by atoms with E-state index in [9.17, 15) is 0 Å². The highest BCUT2D eigenvalue weighted by Gasteiger charge is 2.24. The highest BCUT2D eigenvalue weighted by atomic mass is 16.5. The van der Waals surface area contributed by atoms with Gasteiger partial charge in [-0.25, -0.2) is 0 Å². The highest BCUT2D eigenvalue weighted by molar-refractivity contribution is 4.78. The van der Waals surface area contributed by atoms with Crippen LogP contribution in [0.3, 0.4) is 0 Å². The van der Waals surface area contributed by atoms with Gasteiger partial charge < -0.3 is 19.3 Å².